The summed E-state index contributed by atoms with van der Waals surface area (Å²) in [6.07, 6.45) is -1.06. The minimum absolute atomic E-state index is 0.00222. The quantitative estimate of drug-likeness (QED) is 0.771. The fraction of sp³-hybridized carbons (Fsp3) is 0.333. The lowest BCUT2D eigenvalue weighted by Crippen LogP contribution is -2.19. The third-order valence-corrected chi connectivity index (χ3v) is 4.42. The molecule has 0 radical (unpaired) electrons. The summed E-state index contributed by atoms with van der Waals surface area (Å²) < 4.78 is 44.3. The van der Waals surface area contributed by atoms with Crippen LogP contribution in [0.4, 0.5) is 24.7 Å². The molecule has 3 rings (SSSR count). The van der Waals surface area contributed by atoms with Crippen molar-refractivity contribution in [3.05, 3.63) is 52.7 Å². The molecule has 0 spiro atoms. The maximum Gasteiger partial charge on any atom is 0.417 e. The summed E-state index contributed by atoms with van der Waals surface area (Å²) in [4.78, 5) is 16.5. The number of amides is 1. The molecule has 1 aliphatic heterocycles. The van der Waals surface area contributed by atoms with Gasteiger partial charge in [-0.05, 0) is 43.2 Å². The number of rotatable bonds is 5. The SMILES string of the molecule is O=C(Nc1ccc(Cl)c(C(F)(F)F)c1)c1ccnc(NCC2CCCO2)c1. The number of hydrogen-bond acceptors (Lipinski definition) is 4. The van der Waals surface area contributed by atoms with Gasteiger partial charge >= 0.3 is 6.18 Å². The number of benzene rings is 1. The van der Waals surface area contributed by atoms with Crippen LogP contribution in [0.2, 0.25) is 5.02 Å². The Morgan fingerprint density at radius 2 is 2.11 bits per heavy atom. The van der Waals surface area contributed by atoms with Crippen LogP contribution in [-0.2, 0) is 10.9 Å². The zero-order valence-corrected chi connectivity index (χ0v) is 14.9. The molecule has 1 atom stereocenters. The first-order chi connectivity index (χ1) is 12.8. The van der Waals surface area contributed by atoms with Crippen molar-refractivity contribution in [2.75, 3.05) is 23.8 Å². The van der Waals surface area contributed by atoms with Crippen LogP contribution >= 0.6 is 11.6 Å². The van der Waals surface area contributed by atoms with Crippen LogP contribution in [0, 0.1) is 0 Å². The summed E-state index contributed by atoms with van der Waals surface area (Å²) in [5.41, 5.74) is -0.735. The van der Waals surface area contributed by atoms with E-state index >= 15 is 0 Å². The van der Waals surface area contributed by atoms with Crippen molar-refractivity contribution in [2.45, 2.75) is 25.1 Å². The Labute approximate surface area is 158 Å². The normalized spacial score (nSPS) is 17.0. The summed E-state index contributed by atoms with van der Waals surface area (Å²) >= 11 is 5.58. The molecular weight excluding hydrogens is 383 g/mol. The maximum atomic E-state index is 12.9. The first kappa shape index (κ1) is 19.4. The first-order valence-electron chi connectivity index (χ1n) is 8.32. The third-order valence-electron chi connectivity index (χ3n) is 4.09. The van der Waals surface area contributed by atoms with Gasteiger partial charge in [-0.15, -0.1) is 0 Å². The summed E-state index contributed by atoms with van der Waals surface area (Å²) in [5.74, 6) is -0.0572. The van der Waals surface area contributed by atoms with E-state index in [-0.39, 0.29) is 17.4 Å². The van der Waals surface area contributed by atoms with Crippen LogP contribution in [0.3, 0.4) is 0 Å². The van der Waals surface area contributed by atoms with Crippen molar-refractivity contribution in [1.29, 1.82) is 0 Å². The zero-order valence-electron chi connectivity index (χ0n) is 14.1. The van der Waals surface area contributed by atoms with E-state index in [1.165, 1.54) is 24.4 Å². The Balaban J connectivity index is 1.68. The molecule has 0 aliphatic carbocycles. The van der Waals surface area contributed by atoms with Crippen LogP contribution < -0.4 is 10.6 Å². The number of nitrogens with zero attached hydrogens (tertiary/aromatic N) is 1. The minimum atomic E-state index is -4.60. The Kier molecular flexibility index (Phi) is 5.86. The molecule has 2 heterocycles. The first-order valence-corrected chi connectivity index (χ1v) is 8.70. The number of pyridine rings is 1. The Hall–Kier alpha value is -2.32. The van der Waals surface area contributed by atoms with Gasteiger partial charge in [0.25, 0.3) is 5.91 Å². The largest absolute Gasteiger partial charge is 0.417 e. The topological polar surface area (TPSA) is 63.2 Å². The van der Waals surface area contributed by atoms with Gasteiger partial charge in [0.2, 0.25) is 0 Å². The minimum Gasteiger partial charge on any atom is -0.376 e. The molecule has 9 heteroatoms. The van der Waals surface area contributed by atoms with E-state index in [1.807, 2.05) is 0 Å². The lowest BCUT2D eigenvalue weighted by Gasteiger charge is -2.13. The van der Waals surface area contributed by atoms with Crippen LogP contribution in [0.5, 0.6) is 0 Å². The molecule has 1 amide bonds. The second-order valence-electron chi connectivity index (χ2n) is 6.09. The van der Waals surface area contributed by atoms with Gasteiger partial charge < -0.3 is 15.4 Å². The van der Waals surface area contributed by atoms with Crippen LogP contribution in [0.25, 0.3) is 0 Å². The van der Waals surface area contributed by atoms with E-state index in [1.54, 1.807) is 0 Å². The van der Waals surface area contributed by atoms with Crippen molar-refractivity contribution < 1.29 is 22.7 Å². The Morgan fingerprint density at radius 3 is 2.81 bits per heavy atom. The second-order valence-corrected chi connectivity index (χ2v) is 6.50. The molecule has 1 unspecified atom stereocenters. The molecule has 1 saturated heterocycles. The average Bonchev–Trinajstić information content (AvgIpc) is 3.14. The molecule has 0 saturated carbocycles. The Bertz CT molecular complexity index is 824. The number of carbonyl (C=O) groups is 1. The molecule has 0 bridgehead atoms. The van der Waals surface area contributed by atoms with Gasteiger partial charge in [0.15, 0.2) is 0 Å². The van der Waals surface area contributed by atoms with Gasteiger partial charge in [-0.3, -0.25) is 4.79 Å². The van der Waals surface area contributed by atoms with E-state index in [2.05, 4.69) is 15.6 Å². The maximum absolute atomic E-state index is 12.9. The van der Waals surface area contributed by atoms with Crippen molar-refractivity contribution in [2.24, 2.45) is 0 Å². The number of anilines is 2. The summed E-state index contributed by atoms with van der Waals surface area (Å²) in [7, 11) is 0. The molecule has 144 valence electrons. The van der Waals surface area contributed by atoms with Gasteiger partial charge in [0.05, 0.1) is 16.7 Å². The molecule has 1 aliphatic rings. The predicted molar refractivity (Wildman–Crippen MR) is 96.1 cm³/mol. The fourth-order valence-electron chi connectivity index (χ4n) is 2.72. The van der Waals surface area contributed by atoms with Gasteiger partial charge in [0.1, 0.15) is 5.82 Å². The highest BCUT2D eigenvalue weighted by Gasteiger charge is 2.33. The van der Waals surface area contributed by atoms with Crippen molar-refractivity contribution in [1.82, 2.24) is 4.98 Å². The van der Waals surface area contributed by atoms with Crippen molar-refractivity contribution in [3.63, 3.8) is 0 Å². The lowest BCUT2D eigenvalue weighted by atomic mass is 10.1. The number of ether oxygens (including phenoxy) is 1. The highest BCUT2D eigenvalue weighted by molar-refractivity contribution is 6.31. The third kappa shape index (κ3) is 5.11. The van der Waals surface area contributed by atoms with Gasteiger partial charge in [-0.1, -0.05) is 11.6 Å². The van der Waals surface area contributed by atoms with Crippen molar-refractivity contribution in [3.8, 4) is 0 Å². The highest BCUT2D eigenvalue weighted by atomic mass is 35.5. The molecule has 1 aromatic heterocycles. The molecule has 27 heavy (non-hydrogen) atoms. The molecule has 5 nitrogen and oxygen atoms in total. The standard InChI is InChI=1S/C18H17ClF3N3O2/c19-15-4-3-12(9-14(15)18(20,21)22)25-17(26)11-5-6-23-16(8-11)24-10-13-2-1-7-27-13/h3-6,8-9,13H,1-2,7,10H2,(H,23,24)(H,25,26). The number of halogens is 4. The van der Waals surface area contributed by atoms with Gasteiger partial charge in [-0.2, -0.15) is 13.2 Å². The average molecular weight is 400 g/mol. The number of nitrogens with one attached hydrogen (secondary N) is 2. The lowest BCUT2D eigenvalue weighted by molar-refractivity contribution is -0.137. The summed E-state index contributed by atoms with van der Waals surface area (Å²) in [5, 5.41) is 5.12. The van der Waals surface area contributed by atoms with Crippen LogP contribution in [-0.4, -0.2) is 30.1 Å². The molecule has 2 N–H and O–H groups in total. The van der Waals surface area contributed by atoms with E-state index < -0.39 is 22.7 Å². The Morgan fingerprint density at radius 1 is 1.30 bits per heavy atom. The van der Waals surface area contributed by atoms with E-state index in [4.69, 9.17) is 16.3 Å². The molecule has 1 fully saturated rings. The molecule has 2 aromatic rings. The zero-order chi connectivity index (χ0) is 19.4. The van der Waals surface area contributed by atoms with Gasteiger partial charge in [0, 0.05) is 30.6 Å². The van der Waals surface area contributed by atoms with Gasteiger partial charge in [-0.25, -0.2) is 4.98 Å². The summed E-state index contributed by atoms with van der Waals surface area (Å²) in [6.45, 7) is 1.31. The number of aromatic nitrogens is 1. The van der Waals surface area contributed by atoms with Crippen LogP contribution in [0.1, 0.15) is 28.8 Å². The highest BCUT2D eigenvalue weighted by Crippen LogP contribution is 2.36. The smallest absolute Gasteiger partial charge is 0.376 e. The number of carbonyl (C=O) groups excluding carboxylic acids is 1. The number of hydrogen-bond donors (Lipinski definition) is 2. The summed E-state index contributed by atoms with van der Waals surface area (Å²) in [6, 6.07) is 6.23. The molecule has 1 aromatic carbocycles. The van der Waals surface area contributed by atoms with Crippen molar-refractivity contribution >= 4 is 29.0 Å². The number of alkyl halides is 3. The molecular formula is C18H17ClF3N3O2. The van der Waals surface area contributed by atoms with E-state index in [0.717, 1.165) is 31.6 Å². The monoisotopic (exact) mass is 399 g/mol. The predicted octanol–water partition coefficient (Wildman–Crippen LogP) is 4.60. The fourth-order valence-corrected chi connectivity index (χ4v) is 2.94. The van der Waals surface area contributed by atoms with Crippen LogP contribution in [0.15, 0.2) is 36.5 Å². The van der Waals surface area contributed by atoms with E-state index in [9.17, 15) is 18.0 Å². The second kappa shape index (κ2) is 8.14. The van der Waals surface area contributed by atoms with E-state index in [0.29, 0.717) is 12.4 Å².